The highest BCUT2D eigenvalue weighted by molar-refractivity contribution is 5.93. The van der Waals surface area contributed by atoms with E-state index in [4.69, 9.17) is 14.7 Å². The first-order valence-electron chi connectivity index (χ1n) is 12.6. The van der Waals surface area contributed by atoms with Crippen LogP contribution in [0.4, 0.5) is 11.5 Å². The molecule has 186 valence electrons. The summed E-state index contributed by atoms with van der Waals surface area (Å²) in [5, 5.41) is 4.54. The van der Waals surface area contributed by atoms with Gasteiger partial charge >= 0.3 is 0 Å². The van der Waals surface area contributed by atoms with Gasteiger partial charge in [0.1, 0.15) is 18.0 Å². The molecule has 1 aliphatic rings. The Balaban J connectivity index is 1.52. The van der Waals surface area contributed by atoms with E-state index in [-0.39, 0.29) is 17.6 Å². The van der Waals surface area contributed by atoms with Crippen LogP contribution in [0.3, 0.4) is 0 Å². The average molecular weight is 483 g/mol. The molecule has 0 radical (unpaired) electrons. The first-order valence-corrected chi connectivity index (χ1v) is 12.6. The van der Waals surface area contributed by atoms with Gasteiger partial charge in [-0.3, -0.25) is 4.90 Å². The van der Waals surface area contributed by atoms with Crippen molar-refractivity contribution in [3.63, 3.8) is 0 Å². The number of ether oxygens (including phenoxy) is 1. The molecule has 1 saturated heterocycles. The van der Waals surface area contributed by atoms with Crippen molar-refractivity contribution >= 4 is 22.4 Å². The van der Waals surface area contributed by atoms with Crippen molar-refractivity contribution in [2.24, 2.45) is 0 Å². The molecule has 0 unspecified atom stereocenters. The zero-order chi connectivity index (χ0) is 25.3. The van der Waals surface area contributed by atoms with Crippen molar-refractivity contribution in [3.05, 3.63) is 72.6 Å². The number of nitrogens with one attached hydrogen (secondary N) is 1. The van der Waals surface area contributed by atoms with Gasteiger partial charge in [0.2, 0.25) is 0 Å². The van der Waals surface area contributed by atoms with Crippen LogP contribution >= 0.6 is 0 Å². The minimum Gasteiger partial charge on any atom is -0.373 e. The monoisotopic (exact) mass is 482 g/mol. The number of aromatic nitrogens is 4. The van der Waals surface area contributed by atoms with E-state index in [0.717, 1.165) is 52.4 Å². The van der Waals surface area contributed by atoms with Gasteiger partial charge in [-0.25, -0.2) is 19.9 Å². The number of fused-ring (bicyclic) bond motifs is 1. The smallest absolute Gasteiger partial charge is 0.145 e. The van der Waals surface area contributed by atoms with Crippen LogP contribution in [-0.2, 0) is 16.7 Å². The Labute approximate surface area is 213 Å². The van der Waals surface area contributed by atoms with Crippen molar-refractivity contribution < 1.29 is 4.74 Å². The molecule has 2 atom stereocenters. The quantitative estimate of drug-likeness (QED) is 0.389. The van der Waals surface area contributed by atoms with E-state index in [1.165, 1.54) is 5.56 Å². The third-order valence-corrected chi connectivity index (χ3v) is 6.51. The zero-order valence-corrected chi connectivity index (χ0v) is 21.7. The second-order valence-corrected chi connectivity index (χ2v) is 10.8. The summed E-state index contributed by atoms with van der Waals surface area (Å²) >= 11 is 0. The minimum absolute atomic E-state index is 0.108. The summed E-state index contributed by atoms with van der Waals surface area (Å²) in [5.74, 6) is 1.60. The van der Waals surface area contributed by atoms with Gasteiger partial charge in [0.15, 0.2) is 0 Å². The van der Waals surface area contributed by atoms with Gasteiger partial charge in [-0.15, -0.1) is 0 Å². The highest BCUT2D eigenvalue weighted by Crippen LogP contribution is 2.30. The molecular weight excluding hydrogens is 448 g/mol. The molecule has 1 aliphatic heterocycles. The first-order chi connectivity index (χ1) is 17.2. The maximum atomic E-state index is 5.92. The highest BCUT2D eigenvalue weighted by Gasteiger charge is 2.23. The van der Waals surface area contributed by atoms with Crippen LogP contribution in [0.5, 0.6) is 0 Å². The minimum atomic E-state index is 0.108. The largest absolute Gasteiger partial charge is 0.373 e. The van der Waals surface area contributed by atoms with Crippen LogP contribution in [0, 0.1) is 0 Å². The molecule has 36 heavy (non-hydrogen) atoms. The number of morpholine rings is 1. The number of anilines is 2. The van der Waals surface area contributed by atoms with Gasteiger partial charge in [-0.1, -0.05) is 39.0 Å². The van der Waals surface area contributed by atoms with E-state index in [0.29, 0.717) is 6.54 Å². The maximum Gasteiger partial charge on any atom is 0.145 e. The molecule has 2 aromatic carbocycles. The van der Waals surface area contributed by atoms with Crippen LogP contribution in [0.15, 0.2) is 61.2 Å². The van der Waals surface area contributed by atoms with Gasteiger partial charge < -0.3 is 10.1 Å². The van der Waals surface area contributed by atoms with Crippen molar-refractivity contribution in [1.82, 2.24) is 24.8 Å². The van der Waals surface area contributed by atoms with Crippen molar-refractivity contribution in [1.29, 1.82) is 0 Å². The van der Waals surface area contributed by atoms with Crippen LogP contribution in [-0.4, -0.2) is 50.1 Å². The Morgan fingerprint density at radius 3 is 2.28 bits per heavy atom. The Morgan fingerprint density at radius 2 is 1.61 bits per heavy atom. The van der Waals surface area contributed by atoms with E-state index < -0.39 is 0 Å². The van der Waals surface area contributed by atoms with E-state index in [1.807, 2.05) is 12.4 Å². The fraction of sp³-hybridized carbons (Fsp3) is 0.379. The Bertz CT molecular complexity index is 1320. The number of hydrogen-bond acceptors (Lipinski definition) is 7. The molecular formula is C29H34N6O. The van der Waals surface area contributed by atoms with E-state index in [1.54, 1.807) is 6.33 Å². The lowest BCUT2D eigenvalue weighted by Crippen LogP contribution is -2.45. The molecule has 0 aliphatic carbocycles. The van der Waals surface area contributed by atoms with Crippen molar-refractivity contribution in [2.45, 2.75) is 58.8 Å². The fourth-order valence-electron chi connectivity index (χ4n) is 4.78. The molecule has 2 aromatic heterocycles. The van der Waals surface area contributed by atoms with Gasteiger partial charge in [0.05, 0.1) is 24.3 Å². The number of rotatable bonds is 5. The van der Waals surface area contributed by atoms with Gasteiger partial charge in [-0.2, -0.15) is 0 Å². The second-order valence-electron chi connectivity index (χ2n) is 10.8. The standard InChI is InChI=1S/C29H34N6O/c1-19-15-35(16-20(2)36-19)17-27-33-26-12-21(22-13-30-18-31-14-22)6-11-25(26)28(34-27)32-24-9-7-23(8-10-24)29(3,4)5/h6-14,18-20H,15-17H2,1-5H3,(H,32,33,34)/t19-,20+. The number of nitrogens with zero attached hydrogens (tertiary/aromatic N) is 5. The Morgan fingerprint density at radius 1 is 0.917 bits per heavy atom. The lowest BCUT2D eigenvalue weighted by Gasteiger charge is -2.34. The summed E-state index contributed by atoms with van der Waals surface area (Å²) in [6.07, 6.45) is 5.57. The predicted octanol–water partition coefficient (Wildman–Crippen LogP) is 5.74. The summed E-state index contributed by atoms with van der Waals surface area (Å²) in [5.41, 5.74) is 5.29. The molecule has 0 spiro atoms. The summed E-state index contributed by atoms with van der Waals surface area (Å²) in [6.45, 7) is 13.3. The zero-order valence-electron chi connectivity index (χ0n) is 21.7. The normalized spacial score (nSPS) is 18.9. The molecule has 4 aromatic rings. The first kappa shape index (κ1) is 24.3. The average Bonchev–Trinajstić information content (AvgIpc) is 2.83. The van der Waals surface area contributed by atoms with Crippen molar-refractivity contribution in [2.75, 3.05) is 18.4 Å². The second kappa shape index (κ2) is 9.91. The van der Waals surface area contributed by atoms with E-state index >= 15 is 0 Å². The van der Waals surface area contributed by atoms with Gasteiger partial charge in [0.25, 0.3) is 0 Å². The fourth-order valence-corrected chi connectivity index (χ4v) is 4.78. The molecule has 5 rings (SSSR count). The predicted molar refractivity (Wildman–Crippen MR) is 144 cm³/mol. The Hall–Kier alpha value is -3.42. The lowest BCUT2D eigenvalue weighted by molar-refractivity contribution is -0.0710. The molecule has 0 bridgehead atoms. The molecule has 1 N–H and O–H groups in total. The van der Waals surface area contributed by atoms with Crippen molar-refractivity contribution in [3.8, 4) is 11.1 Å². The van der Waals surface area contributed by atoms with Gasteiger partial charge in [0, 0.05) is 42.1 Å². The van der Waals surface area contributed by atoms with Gasteiger partial charge in [-0.05, 0) is 54.7 Å². The third-order valence-electron chi connectivity index (χ3n) is 6.51. The molecule has 3 heterocycles. The summed E-state index contributed by atoms with van der Waals surface area (Å²) in [6, 6.07) is 14.8. The highest BCUT2D eigenvalue weighted by atomic mass is 16.5. The van der Waals surface area contributed by atoms with E-state index in [2.05, 4.69) is 97.3 Å². The molecule has 0 amide bonds. The maximum absolute atomic E-state index is 5.92. The van der Waals surface area contributed by atoms with Crippen LogP contribution in [0.1, 0.15) is 46.0 Å². The Kier molecular flexibility index (Phi) is 6.69. The summed E-state index contributed by atoms with van der Waals surface area (Å²) in [4.78, 5) is 20.7. The SMILES string of the molecule is C[C@@H]1CN(Cc2nc(Nc3ccc(C(C)(C)C)cc3)c3ccc(-c4cncnc4)cc3n2)C[C@H](C)O1. The molecule has 7 nitrogen and oxygen atoms in total. The molecule has 1 fully saturated rings. The topological polar surface area (TPSA) is 76.1 Å². The van der Waals surface area contributed by atoms with Crippen LogP contribution < -0.4 is 5.32 Å². The van der Waals surface area contributed by atoms with E-state index in [9.17, 15) is 0 Å². The summed E-state index contributed by atoms with van der Waals surface area (Å²) < 4.78 is 5.92. The lowest BCUT2D eigenvalue weighted by atomic mass is 9.87. The number of benzene rings is 2. The molecule has 0 saturated carbocycles. The third kappa shape index (κ3) is 5.53. The summed E-state index contributed by atoms with van der Waals surface area (Å²) in [7, 11) is 0. The van der Waals surface area contributed by atoms with Crippen LogP contribution in [0.25, 0.3) is 22.0 Å². The van der Waals surface area contributed by atoms with Crippen LogP contribution in [0.2, 0.25) is 0 Å². The molecule has 7 heteroatoms. The number of hydrogen-bond donors (Lipinski definition) is 1.